The largest absolute Gasteiger partial charge is 0.339 e. The van der Waals surface area contributed by atoms with Crippen molar-refractivity contribution in [1.82, 2.24) is 19.6 Å². The highest BCUT2D eigenvalue weighted by Crippen LogP contribution is 2.32. The molecule has 33 heavy (non-hydrogen) atoms. The highest BCUT2D eigenvalue weighted by Gasteiger charge is 2.40. The Morgan fingerprint density at radius 2 is 1.39 bits per heavy atom. The van der Waals surface area contributed by atoms with Crippen molar-refractivity contribution in [3.8, 4) is 0 Å². The molecule has 0 N–H and O–H groups in total. The van der Waals surface area contributed by atoms with Gasteiger partial charge in [-0.1, -0.05) is 36.0 Å². The van der Waals surface area contributed by atoms with Gasteiger partial charge in [-0.25, -0.2) is 0 Å². The van der Waals surface area contributed by atoms with Crippen LogP contribution in [-0.2, 0) is 9.59 Å². The fourth-order valence-corrected chi connectivity index (χ4v) is 5.67. The first-order chi connectivity index (χ1) is 15.8. The Morgan fingerprint density at radius 1 is 0.818 bits per heavy atom. The average molecular weight is 495 g/mol. The highest BCUT2D eigenvalue weighted by molar-refractivity contribution is 6.42. The molecule has 2 saturated heterocycles. The molecule has 2 heterocycles. The van der Waals surface area contributed by atoms with Gasteiger partial charge in [0, 0.05) is 64.8 Å². The lowest BCUT2D eigenvalue weighted by atomic mass is 9.94. The molecule has 0 radical (unpaired) electrons. The average Bonchev–Trinajstić information content (AvgIpc) is 3.35. The molecule has 3 amide bonds. The summed E-state index contributed by atoms with van der Waals surface area (Å²) in [5.41, 5.74) is 0.532. The molecule has 3 aliphatic rings. The molecule has 0 unspecified atom stereocenters. The number of carbonyl (C=O) groups excluding carboxylic acids is 3. The second-order valence-electron chi connectivity index (χ2n) is 9.28. The van der Waals surface area contributed by atoms with E-state index in [2.05, 4.69) is 4.90 Å². The summed E-state index contributed by atoms with van der Waals surface area (Å²) >= 11 is 12.1. The Labute approximate surface area is 205 Å². The van der Waals surface area contributed by atoms with Crippen LogP contribution in [0, 0.1) is 5.92 Å². The zero-order valence-corrected chi connectivity index (χ0v) is 20.7. The third-order valence-electron chi connectivity index (χ3n) is 7.30. The van der Waals surface area contributed by atoms with Gasteiger partial charge in [0.05, 0.1) is 16.1 Å². The Morgan fingerprint density at radius 3 is 1.97 bits per heavy atom. The van der Waals surface area contributed by atoms with E-state index in [4.69, 9.17) is 23.2 Å². The normalized spacial score (nSPS) is 21.4. The summed E-state index contributed by atoms with van der Waals surface area (Å²) in [6.45, 7) is 6.48. The van der Waals surface area contributed by atoms with Crippen LogP contribution in [0.3, 0.4) is 0 Å². The predicted molar refractivity (Wildman–Crippen MR) is 129 cm³/mol. The van der Waals surface area contributed by atoms with Crippen molar-refractivity contribution in [2.45, 2.75) is 38.6 Å². The van der Waals surface area contributed by atoms with Gasteiger partial charge in [0.25, 0.3) is 5.91 Å². The van der Waals surface area contributed by atoms with E-state index in [1.165, 1.54) is 12.8 Å². The fourth-order valence-electron chi connectivity index (χ4n) is 5.37. The lowest BCUT2D eigenvalue weighted by Gasteiger charge is -2.44. The Balaban J connectivity index is 1.40. The Kier molecular flexibility index (Phi) is 7.82. The number of halogens is 2. The maximum Gasteiger partial charge on any atom is 0.253 e. The molecule has 0 bridgehead atoms. The van der Waals surface area contributed by atoms with E-state index in [1.807, 2.05) is 14.7 Å². The van der Waals surface area contributed by atoms with Crippen LogP contribution in [0.25, 0.3) is 0 Å². The van der Waals surface area contributed by atoms with Crippen LogP contribution >= 0.6 is 23.2 Å². The van der Waals surface area contributed by atoms with Gasteiger partial charge < -0.3 is 14.7 Å². The van der Waals surface area contributed by atoms with E-state index < -0.39 is 0 Å². The van der Waals surface area contributed by atoms with Crippen LogP contribution < -0.4 is 0 Å². The van der Waals surface area contributed by atoms with Crippen molar-refractivity contribution in [2.75, 3.05) is 52.4 Å². The molecule has 1 aliphatic carbocycles. The zero-order chi connectivity index (χ0) is 23.5. The first-order valence-electron chi connectivity index (χ1n) is 11.9. The van der Waals surface area contributed by atoms with Crippen molar-refractivity contribution in [3.63, 3.8) is 0 Å². The van der Waals surface area contributed by atoms with Crippen molar-refractivity contribution < 1.29 is 14.4 Å². The molecule has 7 nitrogen and oxygen atoms in total. The quantitative estimate of drug-likeness (QED) is 0.645. The lowest BCUT2D eigenvalue weighted by Crippen LogP contribution is -2.60. The first kappa shape index (κ1) is 24.3. The zero-order valence-electron chi connectivity index (χ0n) is 19.1. The smallest absolute Gasteiger partial charge is 0.253 e. The second kappa shape index (κ2) is 10.6. The summed E-state index contributed by atoms with van der Waals surface area (Å²) < 4.78 is 0. The molecule has 1 aromatic rings. The molecule has 1 saturated carbocycles. The Bertz CT molecular complexity index is 890. The van der Waals surface area contributed by atoms with E-state index in [-0.39, 0.29) is 23.8 Å². The first-order valence-corrected chi connectivity index (χ1v) is 12.6. The topological polar surface area (TPSA) is 64.2 Å². The summed E-state index contributed by atoms with van der Waals surface area (Å²) in [6.07, 6.45) is 4.49. The highest BCUT2D eigenvalue weighted by atomic mass is 35.5. The van der Waals surface area contributed by atoms with Gasteiger partial charge >= 0.3 is 0 Å². The van der Waals surface area contributed by atoms with Crippen molar-refractivity contribution >= 4 is 40.9 Å². The van der Waals surface area contributed by atoms with Crippen LogP contribution in [0.2, 0.25) is 10.0 Å². The number of nitrogens with zero attached hydrogens (tertiary/aromatic N) is 4. The standard InChI is InChI=1S/C24H32Cl2N4O3/c1-17(31)27-8-12-30(13-9-27)24(33)22(18-4-2-3-5-18)28-10-14-29(15-11-28)23(32)19-6-7-20(25)21(26)16-19/h6-7,16,18,22H,2-5,8-15H2,1H3/t22-/m1/s1. The van der Waals surface area contributed by atoms with Gasteiger partial charge in [0.15, 0.2) is 0 Å². The van der Waals surface area contributed by atoms with Crippen molar-refractivity contribution in [1.29, 1.82) is 0 Å². The fraction of sp³-hybridized carbons (Fsp3) is 0.625. The molecule has 4 rings (SSSR count). The molecular weight excluding hydrogens is 463 g/mol. The SMILES string of the molecule is CC(=O)N1CCN(C(=O)[C@@H](C2CCCC2)N2CCN(C(=O)c3ccc(Cl)c(Cl)c3)CC2)CC1. The van der Waals surface area contributed by atoms with Gasteiger partial charge in [0.2, 0.25) is 11.8 Å². The maximum atomic E-state index is 13.6. The van der Waals surface area contributed by atoms with Crippen LogP contribution in [-0.4, -0.2) is 95.7 Å². The summed E-state index contributed by atoms with van der Waals surface area (Å²) in [5, 5.41) is 0.804. The molecule has 0 spiro atoms. The van der Waals surface area contributed by atoms with Gasteiger partial charge in [0.1, 0.15) is 0 Å². The molecule has 3 fully saturated rings. The monoisotopic (exact) mass is 494 g/mol. The number of hydrogen-bond donors (Lipinski definition) is 0. The summed E-state index contributed by atoms with van der Waals surface area (Å²) in [6, 6.07) is 4.82. The second-order valence-corrected chi connectivity index (χ2v) is 10.1. The molecule has 1 atom stereocenters. The van der Waals surface area contributed by atoms with E-state index >= 15 is 0 Å². The third kappa shape index (κ3) is 5.47. The number of hydrogen-bond acceptors (Lipinski definition) is 4. The molecular formula is C24H32Cl2N4O3. The van der Waals surface area contributed by atoms with Crippen molar-refractivity contribution in [2.24, 2.45) is 5.92 Å². The minimum Gasteiger partial charge on any atom is -0.339 e. The van der Waals surface area contributed by atoms with Gasteiger partial charge in [-0.3, -0.25) is 19.3 Å². The van der Waals surface area contributed by atoms with E-state index in [0.717, 1.165) is 12.8 Å². The number of piperazine rings is 2. The molecule has 180 valence electrons. The van der Waals surface area contributed by atoms with Gasteiger partial charge in [-0.2, -0.15) is 0 Å². The van der Waals surface area contributed by atoms with E-state index in [1.54, 1.807) is 25.1 Å². The van der Waals surface area contributed by atoms with Gasteiger partial charge in [-0.15, -0.1) is 0 Å². The van der Waals surface area contributed by atoms with Crippen LogP contribution in [0.5, 0.6) is 0 Å². The molecule has 2 aliphatic heterocycles. The molecule has 1 aromatic carbocycles. The number of carbonyl (C=O) groups is 3. The maximum absolute atomic E-state index is 13.6. The predicted octanol–water partition coefficient (Wildman–Crippen LogP) is 3.00. The van der Waals surface area contributed by atoms with Crippen molar-refractivity contribution in [3.05, 3.63) is 33.8 Å². The van der Waals surface area contributed by atoms with E-state index in [9.17, 15) is 14.4 Å². The minimum atomic E-state index is -0.140. The summed E-state index contributed by atoms with van der Waals surface area (Å²) in [4.78, 5) is 46.1. The van der Waals surface area contributed by atoms with E-state index in [0.29, 0.717) is 73.9 Å². The number of benzene rings is 1. The summed E-state index contributed by atoms with van der Waals surface area (Å²) in [5.74, 6) is 0.560. The summed E-state index contributed by atoms with van der Waals surface area (Å²) in [7, 11) is 0. The van der Waals surface area contributed by atoms with Crippen LogP contribution in [0.15, 0.2) is 18.2 Å². The Hall–Kier alpha value is -1.83. The molecule has 0 aromatic heterocycles. The lowest BCUT2D eigenvalue weighted by molar-refractivity contribution is -0.144. The van der Waals surface area contributed by atoms with Crippen LogP contribution in [0.1, 0.15) is 43.0 Å². The van der Waals surface area contributed by atoms with Crippen LogP contribution in [0.4, 0.5) is 0 Å². The molecule has 9 heteroatoms. The third-order valence-corrected chi connectivity index (χ3v) is 8.04. The van der Waals surface area contributed by atoms with Gasteiger partial charge in [-0.05, 0) is 37.0 Å². The minimum absolute atomic E-state index is 0.0580. The number of amides is 3. The number of rotatable bonds is 4.